The Morgan fingerprint density at radius 2 is 2.14 bits per heavy atom. The molecule has 1 N–H and O–H groups in total. The first-order chi connectivity index (χ1) is 9.97. The Labute approximate surface area is 119 Å². The fourth-order valence-corrected chi connectivity index (χ4v) is 1.58. The summed E-state index contributed by atoms with van der Waals surface area (Å²) in [5, 5.41) is 13.0. The molecule has 0 saturated carbocycles. The molecule has 7 nitrogen and oxygen atoms in total. The highest BCUT2D eigenvalue weighted by molar-refractivity contribution is 5.94. The molecule has 0 bridgehead atoms. The number of hydrogen-bond acceptors (Lipinski definition) is 5. The number of carbonyl (C=O) groups is 1. The molecule has 0 spiro atoms. The number of carbonyl (C=O) groups excluding carboxylic acids is 1. The van der Waals surface area contributed by atoms with Gasteiger partial charge in [0.25, 0.3) is 5.91 Å². The fourth-order valence-electron chi connectivity index (χ4n) is 1.58. The summed E-state index contributed by atoms with van der Waals surface area (Å²) < 4.78 is 13.4. The van der Waals surface area contributed by atoms with E-state index in [9.17, 15) is 19.3 Å². The van der Waals surface area contributed by atoms with Crippen molar-refractivity contribution < 1.29 is 14.1 Å². The van der Waals surface area contributed by atoms with Gasteiger partial charge >= 0.3 is 5.69 Å². The van der Waals surface area contributed by atoms with E-state index in [2.05, 4.69) is 15.3 Å². The van der Waals surface area contributed by atoms with E-state index in [4.69, 9.17) is 0 Å². The van der Waals surface area contributed by atoms with Crippen molar-refractivity contribution in [1.29, 1.82) is 0 Å². The maximum absolute atomic E-state index is 13.4. The number of nitrogens with zero attached hydrogens (tertiary/aromatic N) is 3. The standard InChI is InChI=1S/C13H11FN4O3/c1-8-5-16-10(6-15-8)7-17-13(19)9-2-3-12(18(20)21)11(14)4-9/h2-6H,7H2,1H3,(H,17,19). The van der Waals surface area contributed by atoms with E-state index in [1.165, 1.54) is 12.3 Å². The molecule has 1 heterocycles. The number of amides is 1. The molecule has 2 aromatic rings. The van der Waals surface area contributed by atoms with E-state index in [0.29, 0.717) is 5.69 Å². The molecular formula is C13H11FN4O3. The zero-order valence-electron chi connectivity index (χ0n) is 11.0. The summed E-state index contributed by atoms with van der Waals surface area (Å²) in [5.74, 6) is -1.60. The van der Waals surface area contributed by atoms with Crippen LogP contribution in [0.3, 0.4) is 0 Å². The first-order valence-corrected chi connectivity index (χ1v) is 5.97. The second-order valence-electron chi connectivity index (χ2n) is 4.26. The Hall–Kier alpha value is -2.90. The molecular weight excluding hydrogens is 279 g/mol. The normalized spacial score (nSPS) is 10.2. The van der Waals surface area contributed by atoms with Gasteiger partial charge < -0.3 is 5.32 Å². The van der Waals surface area contributed by atoms with Crippen molar-refractivity contribution in [3.05, 3.63) is 63.5 Å². The third-order valence-electron chi connectivity index (χ3n) is 2.67. The summed E-state index contributed by atoms with van der Waals surface area (Å²) in [7, 11) is 0. The van der Waals surface area contributed by atoms with Crippen LogP contribution in [0.1, 0.15) is 21.7 Å². The van der Waals surface area contributed by atoms with Gasteiger partial charge in [0.05, 0.1) is 29.1 Å². The SMILES string of the molecule is Cc1cnc(CNC(=O)c2ccc([N+](=O)[O-])c(F)c2)cn1. The van der Waals surface area contributed by atoms with Crippen molar-refractivity contribution in [2.45, 2.75) is 13.5 Å². The molecule has 0 saturated heterocycles. The molecule has 8 heteroatoms. The predicted molar refractivity (Wildman–Crippen MR) is 71.0 cm³/mol. The number of benzene rings is 1. The number of nitro groups is 1. The molecule has 0 atom stereocenters. The predicted octanol–water partition coefficient (Wildman–Crippen LogP) is 1.76. The molecule has 2 rings (SSSR count). The Morgan fingerprint density at radius 3 is 2.71 bits per heavy atom. The van der Waals surface area contributed by atoms with Crippen LogP contribution in [0.5, 0.6) is 0 Å². The lowest BCUT2D eigenvalue weighted by Crippen LogP contribution is -2.23. The monoisotopic (exact) mass is 290 g/mol. The van der Waals surface area contributed by atoms with Gasteiger partial charge in [0, 0.05) is 17.8 Å². The summed E-state index contributed by atoms with van der Waals surface area (Å²) in [6.45, 7) is 1.92. The van der Waals surface area contributed by atoms with Gasteiger partial charge in [-0.25, -0.2) is 0 Å². The summed E-state index contributed by atoms with van der Waals surface area (Å²) in [6.07, 6.45) is 3.08. The van der Waals surface area contributed by atoms with Crippen molar-refractivity contribution in [3.8, 4) is 0 Å². The minimum absolute atomic E-state index is 0.00169. The van der Waals surface area contributed by atoms with Gasteiger partial charge in [-0.05, 0) is 19.1 Å². The highest BCUT2D eigenvalue weighted by Gasteiger charge is 2.16. The number of hydrogen-bond donors (Lipinski definition) is 1. The van der Waals surface area contributed by atoms with Crippen LogP contribution in [0, 0.1) is 22.9 Å². The van der Waals surface area contributed by atoms with Crippen LogP contribution in [0.15, 0.2) is 30.6 Å². The first kappa shape index (κ1) is 14.5. The zero-order valence-corrected chi connectivity index (χ0v) is 11.0. The van der Waals surface area contributed by atoms with Crippen molar-refractivity contribution in [2.75, 3.05) is 0 Å². The molecule has 1 amide bonds. The third kappa shape index (κ3) is 3.56. The molecule has 0 radical (unpaired) electrons. The van der Waals surface area contributed by atoms with E-state index in [0.717, 1.165) is 17.8 Å². The van der Waals surface area contributed by atoms with Crippen LogP contribution < -0.4 is 5.32 Å². The number of rotatable bonds is 4. The van der Waals surface area contributed by atoms with Gasteiger partial charge in [0.15, 0.2) is 0 Å². The Morgan fingerprint density at radius 1 is 1.38 bits per heavy atom. The average molecular weight is 290 g/mol. The Bertz CT molecular complexity index is 688. The minimum Gasteiger partial charge on any atom is -0.346 e. The molecule has 1 aromatic heterocycles. The van der Waals surface area contributed by atoms with Crippen LogP contribution in [0.25, 0.3) is 0 Å². The van der Waals surface area contributed by atoms with Crippen LogP contribution in [-0.2, 0) is 6.54 Å². The molecule has 0 unspecified atom stereocenters. The molecule has 108 valence electrons. The van der Waals surface area contributed by atoms with Crippen LogP contribution in [0.4, 0.5) is 10.1 Å². The van der Waals surface area contributed by atoms with Crippen molar-refractivity contribution in [1.82, 2.24) is 15.3 Å². The smallest absolute Gasteiger partial charge is 0.304 e. The van der Waals surface area contributed by atoms with Gasteiger partial charge in [-0.15, -0.1) is 0 Å². The molecule has 0 aliphatic heterocycles. The van der Waals surface area contributed by atoms with Crippen LogP contribution >= 0.6 is 0 Å². The number of aryl methyl sites for hydroxylation is 1. The topological polar surface area (TPSA) is 98.0 Å². The third-order valence-corrected chi connectivity index (χ3v) is 2.67. The minimum atomic E-state index is -1.05. The van der Waals surface area contributed by atoms with E-state index >= 15 is 0 Å². The van der Waals surface area contributed by atoms with Gasteiger partial charge in [0.2, 0.25) is 5.82 Å². The molecule has 0 aliphatic carbocycles. The van der Waals surface area contributed by atoms with E-state index in [1.54, 1.807) is 13.1 Å². The highest BCUT2D eigenvalue weighted by atomic mass is 19.1. The number of aromatic nitrogens is 2. The number of halogens is 1. The van der Waals surface area contributed by atoms with E-state index in [1.807, 2.05) is 0 Å². The van der Waals surface area contributed by atoms with Crippen LogP contribution in [0.2, 0.25) is 0 Å². The van der Waals surface area contributed by atoms with Gasteiger partial charge in [-0.1, -0.05) is 0 Å². The summed E-state index contributed by atoms with van der Waals surface area (Å²) in [4.78, 5) is 29.5. The lowest BCUT2D eigenvalue weighted by atomic mass is 10.2. The quantitative estimate of drug-likeness (QED) is 0.683. The molecule has 21 heavy (non-hydrogen) atoms. The molecule has 0 fully saturated rings. The molecule has 1 aromatic carbocycles. The van der Waals surface area contributed by atoms with Gasteiger partial charge in [0.1, 0.15) is 0 Å². The number of nitro benzene ring substituents is 1. The van der Waals surface area contributed by atoms with Gasteiger partial charge in [-0.3, -0.25) is 24.9 Å². The number of nitrogens with one attached hydrogen (secondary N) is 1. The summed E-state index contributed by atoms with van der Waals surface area (Å²) in [5.41, 5.74) is 0.632. The van der Waals surface area contributed by atoms with Crippen molar-refractivity contribution in [3.63, 3.8) is 0 Å². The van der Waals surface area contributed by atoms with Crippen molar-refractivity contribution in [2.24, 2.45) is 0 Å². The second-order valence-corrected chi connectivity index (χ2v) is 4.26. The maximum atomic E-state index is 13.4. The van der Waals surface area contributed by atoms with Gasteiger partial charge in [-0.2, -0.15) is 4.39 Å². The maximum Gasteiger partial charge on any atom is 0.304 e. The largest absolute Gasteiger partial charge is 0.346 e. The summed E-state index contributed by atoms with van der Waals surface area (Å²) >= 11 is 0. The van der Waals surface area contributed by atoms with E-state index < -0.39 is 22.3 Å². The summed E-state index contributed by atoms with van der Waals surface area (Å²) in [6, 6.07) is 2.97. The first-order valence-electron chi connectivity index (χ1n) is 5.97. The fraction of sp³-hybridized carbons (Fsp3) is 0.154. The molecule has 0 aliphatic rings. The second kappa shape index (κ2) is 6.04. The Kier molecular flexibility index (Phi) is 4.17. The Balaban J connectivity index is 2.05. The van der Waals surface area contributed by atoms with Crippen LogP contribution in [-0.4, -0.2) is 20.8 Å². The lowest BCUT2D eigenvalue weighted by molar-refractivity contribution is -0.387. The highest BCUT2D eigenvalue weighted by Crippen LogP contribution is 2.17. The van der Waals surface area contributed by atoms with Crippen molar-refractivity contribution >= 4 is 11.6 Å². The lowest BCUT2D eigenvalue weighted by Gasteiger charge is -2.05. The zero-order chi connectivity index (χ0) is 15.4. The van der Waals surface area contributed by atoms with E-state index in [-0.39, 0.29) is 12.1 Å². The average Bonchev–Trinajstić information content (AvgIpc) is 2.45.